The standard InChI is InChI=1S/C42H75O10P/c1-3-5-7-9-11-13-15-17-19-21-23-25-27-29-31-33-41(45)49-37-40(38-51-53(47,48)50-36-39(44)35-43)52-42(46)34-32-30-28-26-24-22-20-18-16-14-12-10-8-6-4-2/h11-14,17-20,39-40,43-44H,3-10,15-16,21-38H2,1-2H3,(H,47,48)/t39-,40+/m0/s1. The normalized spacial score (nSPS) is 14.4. The number of aliphatic hydroxyl groups is 2. The molecule has 0 amide bonds. The van der Waals surface area contributed by atoms with Gasteiger partial charge in [0, 0.05) is 12.8 Å². The Hall–Kier alpha value is -2.07. The molecule has 0 bridgehead atoms. The minimum atomic E-state index is -4.62. The van der Waals surface area contributed by atoms with Gasteiger partial charge in [-0.05, 0) is 77.0 Å². The molecular weight excluding hydrogens is 695 g/mol. The number of carbonyl (C=O) groups is 2. The summed E-state index contributed by atoms with van der Waals surface area (Å²) in [6.45, 7) is 2.28. The van der Waals surface area contributed by atoms with Gasteiger partial charge >= 0.3 is 19.8 Å². The molecule has 0 spiro atoms. The van der Waals surface area contributed by atoms with E-state index in [9.17, 15) is 24.2 Å². The van der Waals surface area contributed by atoms with Crippen LogP contribution in [0.2, 0.25) is 0 Å². The van der Waals surface area contributed by atoms with Crippen molar-refractivity contribution in [3.8, 4) is 0 Å². The first-order valence-electron chi connectivity index (χ1n) is 20.6. The van der Waals surface area contributed by atoms with Gasteiger partial charge < -0.3 is 24.6 Å². The van der Waals surface area contributed by atoms with Crippen LogP contribution < -0.4 is 0 Å². The summed E-state index contributed by atoms with van der Waals surface area (Å²) >= 11 is 0. The summed E-state index contributed by atoms with van der Waals surface area (Å²) in [5.41, 5.74) is 0. The quantitative estimate of drug-likeness (QED) is 0.0240. The van der Waals surface area contributed by atoms with Gasteiger partial charge in [-0.15, -0.1) is 0 Å². The second-order valence-electron chi connectivity index (χ2n) is 13.7. The zero-order valence-corrected chi connectivity index (χ0v) is 34.1. The summed E-state index contributed by atoms with van der Waals surface area (Å²) in [6, 6.07) is 0. The van der Waals surface area contributed by atoms with Crippen molar-refractivity contribution in [2.24, 2.45) is 0 Å². The summed E-state index contributed by atoms with van der Waals surface area (Å²) in [7, 11) is -4.62. The highest BCUT2D eigenvalue weighted by Gasteiger charge is 2.27. The van der Waals surface area contributed by atoms with Gasteiger partial charge in [-0.1, -0.05) is 127 Å². The van der Waals surface area contributed by atoms with E-state index in [0.717, 1.165) is 89.9 Å². The lowest BCUT2D eigenvalue weighted by atomic mass is 10.1. The average Bonchev–Trinajstić information content (AvgIpc) is 3.14. The van der Waals surface area contributed by atoms with E-state index >= 15 is 0 Å². The number of ether oxygens (including phenoxy) is 2. The SMILES string of the molecule is CCCCCC=CCC=CCCCCCCCC(=O)OC[C@H](COP(=O)(O)OC[C@@H](O)CO)OC(=O)CCCCCCCC=CCC=CCCCCC. The van der Waals surface area contributed by atoms with Crippen molar-refractivity contribution in [1.29, 1.82) is 0 Å². The highest BCUT2D eigenvalue weighted by Crippen LogP contribution is 2.43. The van der Waals surface area contributed by atoms with Crippen LogP contribution in [-0.2, 0) is 32.7 Å². The van der Waals surface area contributed by atoms with Gasteiger partial charge in [-0.25, -0.2) is 4.57 Å². The average molecular weight is 771 g/mol. The Labute approximate surface area is 322 Å². The third-order valence-electron chi connectivity index (χ3n) is 8.46. The number of allylic oxidation sites excluding steroid dienone is 8. The van der Waals surface area contributed by atoms with Crippen LogP contribution >= 0.6 is 7.82 Å². The molecule has 0 aliphatic rings. The number of hydrogen-bond acceptors (Lipinski definition) is 9. The van der Waals surface area contributed by atoms with Crippen molar-refractivity contribution < 1.29 is 47.8 Å². The summed E-state index contributed by atoms with van der Waals surface area (Å²) < 4.78 is 32.6. The molecule has 0 rings (SSSR count). The van der Waals surface area contributed by atoms with E-state index in [4.69, 9.17) is 19.1 Å². The van der Waals surface area contributed by atoms with E-state index in [0.29, 0.717) is 12.8 Å². The monoisotopic (exact) mass is 771 g/mol. The molecule has 0 aromatic rings. The predicted molar refractivity (Wildman–Crippen MR) is 214 cm³/mol. The fraction of sp³-hybridized carbons (Fsp3) is 0.762. The largest absolute Gasteiger partial charge is 0.472 e. The van der Waals surface area contributed by atoms with E-state index in [1.807, 2.05) is 0 Å². The molecule has 0 aliphatic heterocycles. The van der Waals surface area contributed by atoms with Crippen molar-refractivity contribution in [3.63, 3.8) is 0 Å². The summed E-state index contributed by atoms with van der Waals surface area (Å²) in [6.07, 6.45) is 39.3. The van der Waals surface area contributed by atoms with Crippen molar-refractivity contribution in [1.82, 2.24) is 0 Å². The van der Waals surface area contributed by atoms with Crippen molar-refractivity contribution in [3.05, 3.63) is 48.6 Å². The van der Waals surface area contributed by atoms with E-state index < -0.39 is 51.8 Å². The lowest BCUT2D eigenvalue weighted by Crippen LogP contribution is -2.29. The number of unbranched alkanes of at least 4 members (excludes halogenated alkanes) is 16. The van der Waals surface area contributed by atoms with Crippen LogP contribution in [0.25, 0.3) is 0 Å². The van der Waals surface area contributed by atoms with Crippen molar-refractivity contribution in [2.45, 2.75) is 180 Å². The van der Waals surface area contributed by atoms with Gasteiger partial charge in [0.05, 0.1) is 19.8 Å². The highest BCUT2D eigenvalue weighted by molar-refractivity contribution is 7.47. The maximum Gasteiger partial charge on any atom is 0.472 e. The minimum Gasteiger partial charge on any atom is -0.462 e. The molecule has 3 atom stereocenters. The maximum absolute atomic E-state index is 12.6. The molecular formula is C42H75O10P. The molecule has 0 fully saturated rings. The zero-order valence-electron chi connectivity index (χ0n) is 33.2. The van der Waals surface area contributed by atoms with Crippen molar-refractivity contribution >= 4 is 19.8 Å². The Balaban J connectivity index is 4.39. The van der Waals surface area contributed by atoms with E-state index in [-0.39, 0.29) is 19.4 Å². The van der Waals surface area contributed by atoms with E-state index in [2.05, 4.69) is 67.0 Å². The third-order valence-corrected chi connectivity index (χ3v) is 9.41. The Morgan fingerprint density at radius 2 is 0.981 bits per heavy atom. The highest BCUT2D eigenvalue weighted by atomic mass is 31.2. The topological polar surface area (TPSA) is 149 Å². The molecule has 10 nitrogen and oxygen atoms in total. The van der Waals surface area contributed by atoms with Crippen LogP contribution in [0.5, 0.6) is 0 Å². The molecule has 3 N–H and O–H groups in total. The molecule has 0 saturated heterocycles. The molecule has 0 aromatic heterocycles. The number of hydrogen-bond donors (Lipinski definition) is 3. The summed E-state index contributed by atoms with van der Waals surface area (Å²) in [5.74, 6) is -0.960. The number of aliphatic hydroxyl groups excluding tert-OH is 2. The molecule has 0 aliphatic carbocycles. The Morgan fingerprint density at radius 3 is 1.45 bits per heavy atom. The molecule has 0 heterocycles. The summed E-state index contributed by atoms with van der Waals surface area (Å²) in [4.78, 5) is 34.9. The smallest absolute Gasteiger partial charge is 0.462 e. The van der Waals surface area contributed by atoms with Crippen LogP contribution in [0, 0.1) is 0 Å². The molecule has 11 heteroatoms. The fourth-order valence-corrected chi connectivity index (χ4v) is 6.02. The first-order valence-corrected chi connectivity index (χ1v) is 22.1. The Morgan fingerprint density at radius 1 is 0.566 bits per heavy atom. The molecule has 0 aromatic carbocycles. The van der Waals surface area contributed by atoms with Gasteiger partial charge in [0.15, 0.2) is 6.10 Å². The summed E-state index contributed by atoms with van der Waals surface area (Å²) in [5, 5.41) is 18.3. The fourth-order valence-electron chi connectivity index (χ4n) is 5.23. The first-order chi connectivity index (χ1) is 25.7. The number of phosphoric acid groups is 1. The predicted octanol–water partition coefficient (Wildman–Crippen LogP) is 10.6. The van der Waals surface area contributed by atoms with E-state index in [1.165, 1.54) is 38.5 Å². The van der Waals surface area contributed by atoms with Crippen LogP contribution in [0.1, 0.15) is 168 Å². The molecule has 308 valence electrons. The van der Waals surface area contributed by atoms with Crippen LogP contribution in [-0.4, -0.2) is 65.7 Å². The molecule has 53 heavy (non-hydrogen) atoms. The molecule has 0 saturated carbocycles. The molecule has 0 radical (unpaired) electrons. The van der Waals surface area contributed by atoms with Crippen molar-refractivity contribution in [2.75, 3.05) is 26.4 Å². The number of phosphoric ester groups is 1. The van der Waals surface area contributed by atoms with Crippen LogP contribution in [0.3, 0.4) is 0 Å². The van der Waals surface area contributed by atoms with Gasteiger partial charge in [-0.2, -0.15) is 0 Å². The van der Waals surface area contributed by atoms with Gasteiger partial charge in [0.1, 0.15) is 12.7 Å². The first kappa shape index (κ1) is 50.9. The zero-order chi connectivity index (χ0) is 39.1. The lowest BCUT2D eigenvalue weighted by Gasteiger charge is -2.20. The Kier molecular flexibility index (Phi) is 36.7. The van der Waals surface area contributed by atoms with Gasteiger partial charge in [-0.3, -0.25) is 18.6 Å². The van der Waals surface area contributed by atoms with Gasteiger partial charge in [0.25, 0.3) is 0 Å². The maximum atomic E-state index is 12.6. The third kappa shape index (κ3) is 38.0. The number of esters is 2. The second kappa shape index (κ2) is 38.2. The van der Waals surface area contributed by atoms with Crippen LogP contribution in [0.15, 0.2) is 48.6 Å². The van der Waals surface area contributed by atoms with E-state index in [1.54, 1.807) is 0 Å². The number of carbonyl (C=O) groups excluding carboxylic acids is 2. The number of rotatable bonds is 38. The van der Waals surface area contributed by atoms with Crippen LogP contribution in [0.4, 0.5) is 0 Å². The Bertz CT molecular complexity index is 1030. The lowest BCUT2D eigenvalue weighted by molar-refractivity contribution is -0.161. The van der Waals surface area contributed by atoms with Gasteiger partial charge in [0.2, 0.25) is 0 Å². The minimum absolute atomic E-state index is 0.164. The second-order valence-corrected chi connectivity index (χ2v) is 15.1. The molecule has 1 unspecified atom stereocenters.